The summed E-state index contributed by atoms with van der Waals surface area (Å²) >= 11 is 0. The maximum absolute atomic E-state index is 11.3. The Hall–Kier alpha value is -1.60. The second-order valence-corrected chi connectivity index (χ2v) is 8.68. The number of sulfonamides is 1. The van der Waals surface area contributed by atoms with Crippen molar-refractivity contribution >= 4 is 16.0 Å². The molecule has 3 N–H and O–H groups in total. The van der Waals surface area contributed by atoms with Crippen molar-refractivity contribution in [3.8, 4) is 0 Å². The highest BCUT2D eigenvalue weighted by molar-refractivity contribution is 7.89. The monoisotopic (exact) mass is 338 g/mol. The van der Waals surface area contributed by atoms with Gasteiger partial charge in [-0.1, -0.05) is 26.0 Å². The fourth-order valence-electron chi connectivity index (χ4n) is 2.67. The predicted octanol–water partition coefficient (Wildman–Crippen LogP) is 1.53. The van der Waals surface area contributed by atoms with Gasteiger partial charge in [-0.25, -0.2) is 13.6 Å². The van der Waals surface area contributed by atoms with Gasteiger partial charge in [-0.15, -0.1) is 0 Å². The summed E-state index contributed by atoms with van der Waals surface area (Å²) in [6.45, 7) is 10.5. The molecule has 0 aromatic heterocycles. The first-order chi connectivity index (χ1) is 10.5. The van der Waals surface area contributed by atoms with Crippen LogP contribution in [-0.2, 0) is 16.6 Å². The van der Waals surface area contributed by atoms with E-state index in [0.29, 0.717) is 6.54 Å². The number of nitrogens with zero attached hydrogens (tertiary/aromatic N) is 2. The highest BCUT2D eigenvalue weighted by Crippen LogP contribution is 2.46. The van der Waals surface area contributed by atoms with E-state index in [1.807, 2.05) is 0 Å². The van der Waals surface area contributed by atoms with Gasteiger partial charge in [0.1, 0.15) is 0 Å². The van der Waals surface area contributed by atoms with Crippen molar-refractivity contribution in [2.75, 3.05) is 13.6 Å². The average molecular weight is 338 g/mol. The number of nitrogens with two attached hydrogens (primary N) is 1. The number of aliphatic imine (C=N–C) groups is 1. The van der Waals surface area contributed by atoms with Crippen LogP contribution in [0.2, 0.25) is 0 Å². The Labute approximate surface area is 138 Å². The van der Waals surface area contributed by atoms with Gasteiger partial charge in [0.15, 0.2) is 5.96 Å². The van der Waals surface area contributed by atoms with Crippen LogP contribution in [0.4, 0.5) is 0 Å². The van der Waals surface area contributed by atoms with Crippen molar-refractivity contribution in [1.82, 2.24) is 10.2 Å². The average Bonchev–Trinajstić information content (AvgIpc) is 2.46. The number of benzene rings is 1. The van der Waals surface area contributed by atoms with Gasteiger partial charge >= 0.3 is 0 Å². The number of guanidine groups is 1. The molecule has 6 nitrogen and oxygen atoms in total. The molecule has 128 valence electrons. The molecule has 0 aliphatic carbocycles. The van der Waals surface area contributed by atoms with Crippen molar-refractivity contribution in [3.05, 3.63) is 29.8 Å². The van der Waals surface area contributed by atoms with E-state index in [4.69, 9.17) is 5.14 Å². The predicted molar refractivity (Wildman–Crippen MR) is 92.6 cm³/mol. The molecule has 0 bridgehead atoms. The normalized spacial score (nSPS) is 20.1. The molecule has 0 spiro atoms. The summed E-state index contributed by atoms with van der Waals surface area (Å²) in [6.07, 6.45) is 0. The van der Waals surface area contributed by atoms with Crippen LogP contribution in [0.5, 0.6) is 0 Å². The van der Waals surface area contributed by atoms with Crippen LogP contribution in [0.15, 0.2) is 34.2 Å². The van der Waals surface area contributed by atoms with Gasteiger partial charge in [0.2, 0.25) is 10.0 Å². The zero-order valence-corrected chi connectivity index (χ0v) is 15.2. The zero-order valence-electron chi connectivity index (χ0n) is 14.4. The molecule has 0 saturated carbocycles. The van der Waals surface area contributed by atoms with E-state index in [9.17, 15) is 8.42 Å². The lowest BCUT2D eigenvalue weighted by atomic mass is 9.65. The minimum Gasteiger partial charge on any atom is -0.352 e. The number of primary sulfonamides is 1. The van der Waals surface area contributed by atoms with Gasteiger partial charge < -0.3 is 10.2 Å². The molecule has 1 heterocycles. The SMILES string of the molecule is CN=C(NCc1ccc(S(N)(=O)=O)cc1)N1CC(C)(C)C1(C)C. The molecular weight excluding hydrogens is 312 g/mol. The first-order valence-corrected chi connectivity index (χ1v) is 9.14. The third kappa shape index (κ3) is 3.35. The molecule has 1 aromatic rings. The van der Waals surface area contributed by atoms with Crippen molar-refractivity contribution in [2.45, 2.75) is 44.7 Å². The van der Waals surface area contributed by atoms with Gasteiger partial charge in [0.05, 0.1) is 4.90 Å². The molecular formula is C16H26N4O2S. The first kappa shape index (κ1) is 17.7. The summed E-state index contributed by atoms with van der Waals surface area (Å²) in [6, 6.07) is 6.55. The van der Waals surface area contributed by atoms with Crippen LogP contribution >= 0.6 is 0 Å². The fraction of sp³-hybridized carbons (Fsp3) is 0.562. The summed E-state index contributed by atoms with van der Waals surface area (Å²) in [5.74, 6) is 0.852. The molecule has 2 rings (SSSR count). The van der Waals surface area contributed by atoms with Crippen molar-refractivity contribution in [2.24, 2.45) is 15.5 Å². The Balaban J connectivity index is 2.03. The van der Waals surface area contributed by atoms with E-state index in [0.717, 1.165) is 18.1 Å². The number of hydrogen-bond donors (Lipinski definition) is 2. The Kier molecular flexibility index (Phi) is 4.47. The zero-order chi connectivity index (χ0) is 17.5. The molecule has 0 radical (unpaired) electrons. The van der Waals surface area contributed by atoms with E-state index in [1.54, 1.807) is 19.2 Å². The molecule has 0 amide bonds. The maximum atomic E-state index is 11.3. The molecule has 1 saturated heterocycles. The lowest BCUT2D eigenvalue weighted by Crippen LogP contribution is -2.72. The summed E-state index contributed by atoms with van der Waals surface area (Å²) in [5.41, 5.74) is 1.24. The number of likely N-dealkylation sites (tertiary alicyclic amines) is 1. The van der Waals surface area contributed by atoms with E-state index in [1.165, 1.54) is 12.1 Å². The highest BCUT2D eigenvalue weighted by Gasteiger charge is 2.53. The largest absolute Gasteiger partial charge is 0.352 e. The molecule has 1 aliphatic rings. The molecule has 1 aromatic carbocycles. The molecule has 1 aliphatic heterocycles. The van der Waals surface area contributed by atoms with E-state index >= 15 is 0 Å². The summed E-state index contributed by atoms with van der Waals surface area (Å²) in [4.78, 5) is 6.74. The summed E-state index contributed by atoms with van der Waals surface area (Å²) < 4.78 is 22.5. The van der Waals surface area contributed by atoms with Crippen LogP contribution in [-0.4, -0.2) is 38.4 Å². The van der Waals surface area contributed by atoms with Crippen molar-refractivity contribution in [3.63, 3.8) is 0 Å². The minimum absolute atomic E-state index is 0.0341. The maximum Gasteiger partial charge on any atom is 0.238 e. The van der Waals surface area contributed by atoms with E-state index in [-0.39, 0.29) is 15.8 Å². The Morgan fingerprint density at radius 3 is 2.22 bits per heavy atom. The van der Waals surface area contributed by atoms with Gasteiger partial charge in [0, 0.05) is 31.1 Å². The van der Waals surface area contributed by atoms with Crippen LogP contribution in [0.3, 0.4) is 0 Å². The number of rotatable bonds is 3. The fourth-order valence-corrected chi connectivity index (χ4v) is 3.19. The van der Waals surface area contributed by atoms with Gasteiger partial charge in [-0.3, -0.25) is 4.99 Å². The van der Waals surface area contributed by atoms with Crippen LogP contribution in [0.25, 0.3) is 0 Å². The molecule has 23 heavy (non-hydrogen) atoms. The molecule has 0 atom stereocenters. The first-order valence-electron chi connectivity index (χ1n) is 7.59. The summed E-state index contributed by atoms with van der Waals surface area (Å²) in [7, 11) is -1.87. The van der Waals surface area contributed by atoms with Gasteiger partial charge in [-0.2, -0.15) is 0 Å². The number of nitrogens with one attached hydrogen (secondary N) is 1. The quantitative estimate of drug-likeness (QED) is 0.646. The second kappa shape index (κ2) is 5.79. The third-order valence-electron chi connectivity index (χ3n) is 5.05. The smallest absolute Gasteiger partial charge is 0.238 e. The van der Waals surface area contributed by atoms with E-state index in [2.05, 4.69) is 42.9 Å². The lowest BCUT2D eigenvalue weighted by Gasteiger charge is -2.62. The van der Waals surface area contributed by atoms with E-state index < -0.39 is 10.0 Å². The standard InChI is InChI=1S/C16H26N4O2S/c1-15(2)11-20(16(15,3)4)14(18-5)19-10-12-6-8-13(9-7-12)23(17,21)22/h6-9H,10-11H2,1-5H3,(H,18,19)(H2,17,21,22). The lowest BCUT2D eigenvalue weighted by molar-refractivity contribution is -0.0667. The van der Waals surface area contributed by atoms with Crippen molar-refractivity contribution < 1.29 is 8.42 Å². The Morgan fingerprint density at radius 2 is 1.83 bits per heavy atom. The topological polar surface area (TPSA) is 87.8 Å². The van der Waals surface area contributed by atoms with Crippen LogP contribution < -0.4 is 10.5 Å². The van der Waals surface area contributed by atoms with Gasteiger partial charge in [-0.05, 0) is 31.5 Å². The molecule has 1 fully saturated rings. The van der Waals surface area contributed by atoms with Gasteiger partial charge in [0.25, 0.3) is 0 Å². The highest BCUT2D eigenvalue weighted by atomic mass is 32.2. The Morgan fingerprint density at radius 1 is 1.26 bits per heavy atom. The molecule has 7 heteroatoms. The third-order valence-corrected chi connectivity index (χ3v) is 5.98. The Bertz CT molecular complexity index is 706. The van der Waals surface area contributed by atoms with Crippen molar-refractivity contribution in [1.29, 1.82) is 0 Å². The van der Waals surface area contributed by atoms with Crippen LogP contribution in [0, 0.1) is 5.41 Å². The minimum atomic E-state index is -3.64. The summed E-state index contributed by atoms with van der Waals surface area (Å²) in [5, 5.41) is 8.44. The second-order valence-electron chi connectivity index (χ2n) is 7.12. The number of hydrogen-bond acceptors (Lipinski definition) is 3. The van der Waals surface area contributed by atoms with Crippen LogP contribution in [0.1, 0.15) is 33.3 Å². The molecule has 0 unspecified atom stereocenters.